The number of H-pyrrole nitrogens is 1. The summed E-state index contributed by atoms with van der Waals surface area (Å²) in [6.07, 6.45) is 4.31. The average molecular weight is 352 g/mol. The maximum atomic E-state index is 12.9. The van der Waals surface area contributed by atoms with Crippen molar-refractivity contribution in [2.75, 3.05) is 32.1 Å². The summed E-state index contributed by atoms with van der Waals surface area (Å²) in [5, 5.41) is 0. The highest BCUT2D eigenvalue weighted by atomic mass is 16.2. The SMILES string of the molecule is CN(C)c1nc(C2CCN(C(=O)c3ncc4ccccn34)C2)cc(=O)[nH]1. The van der Waals surface area contributed by atoms with Crippen LogP contribution >= 0.6 is 0 Å². The number of hydrogen-bond acceptors (Lipinski definition) is 5. The average Bonchev–Trinajstić information content (AvgIpc) is 3.28. The van der Waals surface area contributed by atoms with Gasteiger partial charge in [-0.25, -0.2) is 9.97 Å². The number of aromatic amines is 1. The van der Waals surface area contributed by atoms with Crippen molar-refractivity contribution in [1.82, 2.24) is 24.3 Å². The number of carbonyl (C=O) groups is 1. The van der Waals surface area contributed by atoms with Crippen LogP contribution < -0.4 is 10.5 Å². The molecule has 134 valence electrons. The second kappa shape index (κ2) is 6.29. The Morgan fingerprint density at radius 2 is 2.19 bits per heavy atom. The fourth-order valence-corrected chi connectivity index (χ4v) is 3.31. The van der Waals surface area contributed by atoms with Gasteiger partial charge in [0, 0.05) is 45.4 Å². The monoisotopic (exact) mass is 352 g/mol. The van der Waals surface area contributed by atoms with Crippen molar-refractivity contribution in [3.8, 4) is 0 Å². The zero-order valence-corrected chi connectivity index (χ0v) is 14.7. The summed E-state index contributed by atoms with van der Waals surface area (Å²) in [4.78, 5) is 39.9. The Bertz CT molecular complexity index is 1020. The lowest BCUT2D eigenvalue weighted by atomic mass is 10.1. The minimum atomic E-state index is -0.178. The van der Waals surface area contributed by atoms with Gasteiger partial charge >= 0.3 is 0 Å². The van der Waals surface area contributed by atoms with Crippen LogP contribution in [0.3, 0.4) is 0 Å². The minimum Gasteiger partial charge on any atom is -0.348 e. The maximum absolute atomic E-state index is 12.9. The number of pyridine rings is 1. The van der Waals surface area contributed by atoms with Crippen LogP contribution in [0.15, 0.2) is 41.5 Å². The maximum Gasteiger partial charge on any atom is 0.290 e. The van der Waals surface area contributed by atoms with Crippen molar-refractivity contribution < 1.29 is 4.79 Å². The van der Waals surface area contributed by atoms with Gasteiger partial charge in [0.25, 0.3) is 11.5 Å². The summed E-state index contributed by atoms with van der Waals surface area (Å²) in [7, 11) is 3.66. The number of hydrogen-bond donors (Lipinski definition) is 1. The quantitative estimate of drug-likeness (QED) is 0.763. The second-order valence-electron chi connectivity index (χ2n) is 6.70. The van der Waals surface area contributed by atoms with Crippen molar-refractivity contribution >= 4 is 17.4 Å². The molecule has 0 aromatic carbocycles. The van der Waals surface area contributed by atoms with Crippen molar-refractivity contribution in [1.29, 1.82) is 0 Å². The molecule has 1 unspecified atom stereocenters. The summed E-state index contributed by atoms with van der Waals surface area (Å²) >= 11 is 0. The molecule has 1 aliphatic rings. The zero-order valence-electron chi connectivity index (χ0n) is 14.7. The fourth-order valence-electron chi connectivity index (χ4n) is 3.31. The van der Waals surface area contributed by atoms with Gasteiger partial charge in [-0.2, -0.15) is 0 Å². The van der Waals surface area contributed by atoms with Gasteiger partial charge in [-0.3, -0.25) is 19.0 Å². The molecule has 3 aromatic rings. The van der Waals surface area contributed by atoms with E-state index in [2.05, 4.69) is 15.0 Å². The molecular formula is C18H20N6O2. The van der Waals surface area contributed by atoms with E-state index in [1.54, 1.807) is 20.4 Å². The van der Waals surface area contributed by atoms with E-state index in [-0.39, 0.29) is 17.4 Å². The van der Waals surface area contributed by atoms with Crippen LogP contribution in [0.1, 0.15) is 28.7 Å². The molecule has 1 atom stereocenters. The van der Waals surface area contributed by atoms with Crippen LogP contribution in [-0.2, 0) is 0 Å². The molecular weight excluding hydrogens is 332 g/mol. The largest absolute Gasteiger partial charge is 0.348 e. The van der Waals surface area contributed by atoms with E-state index in [9.17, 15) is 9.59 Å². The molecule has 0 aliphatic carbocycles. The van der Waals surface area contributed by atoms with Crippen molar-refractivity contribution in [2.45, 2.75) is 12.3 Å². The van der Waals surface area contributed by atoms with E-state index >= 15 is 0 Å². The Morgan fingerprint density at radius 3 is 3.00 bits per heavy atom. The van der Waals surface area contributed by atoms with E-state index in [0.29, 0.717) is 24.9 Å². The van der Waals surface area contributed by atoms with E-state index in [1.807, 2.05) is 38.5 Å². The van der Waals surface area contributed by atoms with Gasteiger partial charge in [0.15, 0.2) is 0 Å². The lowest BCUT2D eigenvalue weighted by Gasteiger charge is -2.17. The van der Waals surface area contributed by atoms with Gasteiger partial charge < -0.3 is 9.80 Å². The van der Waals surface area contributed by atoms with Gasteiger partial charge in [0.05, 0.1) is 17.4 Å². The van der Waals surface area contributed by atoms with Gasteiger partial charge in [-0.1, -0.05) is 6.07 Å². The molecule has 1 amide bonds. The van der Waals surface area contributed by atoms with Gasteiger partial charge in [-0.05, 0) is 18.6 Å². The molecule has 8 heteroatoms. The molecule has 4 heterocycles. The summed E-state index contributed by atoms with van der Waals surface area (Å²) in [6, 6.07) is 7.23. The summed E-state index contributed by atoms with van der Waals surface area (Å²) < 4.78 is 1.80. The number of imidazole rings is 1. The molecule has 1 aliphatic heterocycles. The Kier molecular flexibility index (Phi) is 3.95. The number of fused-ring (bicyclic) bond motifs is 1. The summed E-state index contributed by atoms with van der Waals surface area (Å²) in [5.41, 5.74) is 1.43. The van der Waals surface area contributed by atoms with Crippen LogP contribution in [0.4, 0.5) is 5.95 Å². The van der Waals surface area contributed by atoms with Crippen molar-refractivity contribution in [3.63, 3.8) is 0 Å². The van der Waals surface area contributed by atoms with Crippen LogP contribution in [-0.4, -0.2) is 57.3 Å². The van der Waals surface area contributed by atoms with Crippen LogP contribution in [0.25, 0.3) is 5.52 Å². The molecule has 0 radical (unpaired) electrons. The number of nitrogens with zero attached hydrogens (tertiary/aromatic N) is 5. The molecule has 8 nitrogen and oxygen atoms in total. The molecule has 1 fully saturated rings. The summed E-state index contributed by atoms with van der Waals surface area (Å²) in [6.45, 7) is 1.15. The third kappa shape index (κ3) is 2.83. The standard InChI is InChI=1S/C18H20N6O2/c1-22(2)18-20-14(9-15(25)21-18)12-6-8-23(11-12)17(26)16-19-10-13-5-3-4-7-24(13)16/h3-5,7,9-10,12H,6,8,11H2,1-2H3,(H,20,21,25). The molecule has 3 aromatic heterocycles. The molecule has 1 saturated heterocycles. The number of carbonyl (C=O) groups excluding carboxylic acids is 1. The number of likely N-dealkylation sites (tertiary alicyclic amines) is 1. The highest BCUT2D eigenvalue weighted by Gasteiger charge is 2.31. The first-order chi connectivity index (χ1) is 12.5. The third-order valence-corrected chi connectivity index (χ3v) is 4.70. The predicted molar refractivity (Wildman–Crippen MR) is 97.6 cm³/mol. The van der Waals surface area contributed by atoms with Crippen LogP contribution in [0.2, 0.25) is 0 Å². The second-order valence-corrected chi connectivity index (χ2v) is 6.70. The molecule has 0 saturated carbocycles. The summed E-state index contributed by atoms with van der Waals surface area (Å²) in [5.74, 6) is 0.883. The lowest BCUT2D eigenvalue weighted by molar-refractivity contribution is 0.0778. The molecule has 26 heavy (non-hydrogen) atoms. The van der Waals surface area contributed by atoms with Gasteiger partial charge in [-0.15, -0.1) is 0 Å². The first-order valence-electron chi connectivity index (χ1n) is 8.53. The fraction of sp³-hybridized carbons (Fsp3) is 0.333. The minimum absolute atomic E-state index is 0.0474. The Balaban J connectivity index is 1.57. The lowest BCUT2D eigenvalue weighted by Crippen LogP contribution is -2.30. The third-order valence-electron chi connectivity index (χ3n) is 4.70. The van der Waals surface area contributed by atoms with E-state index in [4.69, 9.17) is 0 Å². The van der Waals surface area contributed by atoms with Gasteiger partial charge in [0.1, 0.15) is 0 Å². The van der Waals surface area contributed by atoms with E-state index in [0.717, 1.165) is 17.6 Å². The van der Waals surface area contributed by atoms with Crippen molar-refractivity contribution in [2.24, 2.45) is 0 Å². The Morgan fingerprint density at radius 1 is 1.35 bits per heavy atom. The Labute approximate surface area is 150 Å². The molecule has 0 bridgehead atoms. The first kappa shape index (κ1) is 16.3. The first-order valence-corrected chi connectivity index (χ1v) is 8.53. The highest BCUT2D eigenvalue weighted by Crippen LogP contribution is 2.27. The molecule has 1 N–H and O–H groups in total. The van der Waals surface area contributed by atoms with Crippen molar-refractivity contribution in [3.05, 3.63) is 58.5 Å². The van der Waals surface area contributed by atoms with Crippen LogP contribution in [0.5, 0.6) is 0 Å². The molecule has 0 spiro atoms. The van der Waals surface area contributed by atoms with Crippen LogP contribution in [0, 0.1) is 0 Å². The Hall–Kier alpha value is -3.16. The normalized spacial score (nSPS) is 17.0. The number of anilines is 1. The number of aromatic nitrogens is 4. The molecule has 4 rings (SSSR count). The predicted octanol–water partition coefficient (Wildman–Crippen LogP) is 1.11. The zero-order chi connectivity index (χ0) is 18.3. The smallest absolute Gasteiger partial charge is 0.290 e. The number of rotatable bonds is 3. The highest BCUT2D eigenvalue weighted by molar-refractivity contribution is 5.92. The van der Waals surface area contributed by atoms with Gasteiger partial charge in [0.2, 0.25) is 11.8 Å². The number of nitrogens with one attached hydrogen (secondary N) is 1. The van der Waals surface area contributed by atoms with E-state index < -0.39 is 0 Å². The van der Waals surface area contributed by atoms with E-state index in [1.165, 1.54) is 6.07 Å². The topological polar surface area (TPSA) is 86.6 Å². The number of amides is 1.